The Morgan fingerprint density at radius 3 is 2.81 bits per heavy atom. The first-order valence-electron chi connectivity index (χ1n) is 5.98. The normalized spacial score (nSPS) is 10.3. The summed E-state index contributed by atoms with van der Waals surface area (Å²) in [5.74, 6) is -0.0543. The van der Waals surface area contributed by atoms with Crippen LogP contribution in [0.4, 0.5) is 5.69 Å². The van der Waals surface area contributed by atoms with Crippen LogP contribution in [0.25, 0.3) is 0 Å². The molecular formula is C14H12BrNO3S2. The maximum Gasteiger partial charge on any atom is 0.335 e. The molecule has 0 unspecified atom stereocenters. The molecule has 0 atom stereocenters. The van der Waals surface area contributed by atoms with Gasteiger partial charge in [0.1, 0.15) is 0 Å². The van der Waals surface area contributed by atoms with Gasteiger partial charge in [0, 0.05) is 20.8 Å². The molecule has 2 aromatic rings. The molecule has 0 aliphatic heterocycles. The van der Waals surface area contributed by atoms with Crippen LogP contribution in [-0.4, -0.2) is 22.7 Å². The third-order valence-electron chi connectivity index (χ3n) is 2.49. The van der Waals surface area contributed by atoms with Crippen LogP contribution in [0.5, 0.6) is 0 Å². The van der Waals surface area contributed by atoms with Crippen molar-refractivity contribution in [1.82, 2.24) is 0 Å². The highest BCUT2D eigenvalue weighted by molar-refractivity contribution is 9.10. The van der Waals surface area contributed by atoms with Crippen LogP contribution in [0, 0.1) is 0 Å². The number of nitrogens with one attached hydrogen (secondary N) is 1. The average molecular weight is 386 g/mol. The van der Waals surface area contributed by atoms with E-state index in [1.807, 2.05) is 17.5 Å². The standard InChI is InChI=1S/C14H12BrNO3S2/c15-10-4-9(14(18)19)5-11(6-10)16-13(17)8-20-7-12-2-1-3-21-12/h1-6H,7-8H2,(H,16,17)(H,18,19). The van der Waals surface area contributed by atoms with E-state index in [1.165, 1.54) is 28.8 Å². The van der Waals surface area contributed by atoms with Crippen molar-refractivity contribution in [3.8, 4) is 0 Å². The summed E-state index contributed by atoms with van der Waals surface area (Å²) in [6.45, 7) is 0. The Kier molecular flexibility index (Phi) is 5.84. The molecule has 2 N–H and O–H groups in total. The number of aromatic carboxylic acids is 1. The van der Waals surface area contributed by atoms with Gasteiger partial charge in [-0.15, -0.1) is 23.1 Å². The lowest BCUT2D eigenvalue weighted by molar-refractivity contribution is -0.113. The third-order valence-corrected chi connectivity index (χ3v) is 4.98. The number of carbonyl (C=O) groups excluding carboxylic acids is 1. The van der Waals surface area contributed by atoms with E-state index in [1.54, 1.807) is 17.4 Å². The van der Waals surface area contributed by atoms with Gasteiger partial charge in [0.2, 0.25) is 5.91 Å². The van der Waals surface area contributed by atoms with Crippen LogP contribution >= 0.6 is 39.0 Å². The van der Waals surface area contributed by atoms with E-state index in [0.717, 1.165) is 5.75 Å². The van der Waals surface area contributed by atoms with Gasteiger partial charge in [-0.25, -0.2) is 4.79 Å². The Bertz CT molecular complexity index is 644. The molecule has 4 nitrogen and oxygen atoms in total. The first-order valence-corrected chi connectivity index (χ1v) is 8.81. The van der Waals surface area contributed by atoms with E-state index in [9.17, 15) is 9.59 Å². The zero-order valence-corrected chi connectivity index (χ0v) is 14.1. The summed E-state index contributed by atoms with van der Waals surface area (Å²) in [7, 11) is 0. The van der Waals surface area contributed by atoms with Crippen molar-refractivity contribution < 1.29 is 14.7 Å². The highest BCUT2D eigenvalue weighted by atomic mass is 79.9. The van der Waals surface area contributed by atoms with Crippen LogP contribution in [0.2, 0.25) is 0 Å². The van der Waals surface area contributed by atoms with Crippen molar-refractivity contribution in [2.24, 2.45) is 0 Å². The Labute approximate surface area is 138 Å². The van der Waals surface area contributed by atoms with E-state index in [4.69, 9.17) is 5.11 Å². The molecule has 0 aliphatic carbocycles. The molecule has 1 aromatic heterocycles. The zero-order chi connectivity index (χ0) is 15.2. The second-order valence-corrected chi connectivity index (χ2v) is 7.09. The van der Waals surface area contributed by atoms with Crippen LogP contribution < -0.4 is 5.32 Å². The number of amides is 1. The molecule has 2 rings (SSSR count). The van der Waals surface area contributed by atoms with Crippen molar-refractivity contribution in [2.45, 2.75) is 5.75 Å². The number of carboxylic acid groups (broad SMARTS) is 1. The SMILES string of the molecule is O=C(CSCc1cccs1)Nc1cc(Br)cc(C(=O)O)c1. The topological polar surface area (TPSA) is 66.4 Å². The van der Waals surface area contributed by atoms with E-state index < -0.39 is 5.97 Å². The van der Waals surface area contributed by atoms with Crippen molar-refractivity contribution in [3.63, 3.8) is 0 Å². The zero-order valence-electron chi connectivity index (χ0n) is 10.8. The summed E-state index contributed by atoms with van der Waals surface area (Å²) in [5.41, 5.74) is 0.606. The molecule has 0 saturated carbocycles. The molecule has 0 fully saturated rings. The summed E-state index contributed by atoms with van der Waals surface area (Å²) in [6, 6.07) is 8.62. The van der Waals surface area contributed by atoms with E-state index in [-0.39, 0.29) is 11.5 Å². The summed E-state index contributed by atoms with van der Waals surface area (Å²) >= 11 is 6.42. The lowest BCUT2D eigenvalue weighted by atomic mass is 10.2. The number of anilines is 1. The monoisotopic (exact) mass is 385 g/mol. The van der Waals surface area contributed by atoms with Gasteiger partial charge in [0.15, 0.2) is 0 Å². The average Bonchev–Trinajstić information content (AvgIpc) is 2.91. The third kappa shape index (κ3) is 5.18. The predicted octanol–water partition coefficient (Wildman–Crippen LogP) is 4.08. The van der Waals surface area contributed by atoms with Crippen molar-refractivity contribution >= 4 is 56.6 Å². The van der Waals surface area contributed by atoms with E-state index in [2.05, 4.69) is 21.2 Å². The number of rotatable bonds is 6. The molecule has 0 saturated heterocycles. The summed E-state index contributed by atoms with van der Waals surface area (Å²) in [4.78, 5) is 24.0. The fraction of sp³-hybridized carbons (Fsp3) is 0.143. The quantitative estimate of drug-likeness (QED) is 0.785. The molecule has 7 heteroatoms. The summed E-state index contributed by atoms with van der Waals surface area (Å²) in [5, 5.41) is 13.7. The number of hydrogen-bond donors (Lipinski definition) is 2. The minimum absolute atomic E-state index is 0.130. The maximum absolute atomic E-state index is 11.8. The number of carboxylic acids is 1. The lowest BCUT2D eigenvalue weighted by Gasteiger charge is -2.07. The highest BCUT2D eigenvalue weighted by Crippen LogP contribution is 2.21. The second-order valence-electron chi connectivity index (χ2n) is 4.15. The molecule has 1 heterocycles. The van der Waals surface area contributed by atoms with Crippen molar-refractivity contribution in [2.75, 3.05) is 11.1 Å². The predicted molar refractivity (Wildman–Crippen MR) is 90.2 cm³/mol. The van der Waals surface area contributed by atoms with E-state index >= 15 is 0 Å². The number of carbonyl (C=O) groups is 2. The number of halogens is 1. The van der Waals surface area contributed by atoms with Gasteiger partial charge in [-0.1, -0.05) is 22.0 Å². The maximum atomic E-state index is 11.8. The molecule has 0 bridgehead atoms. The molecule has 1 aromatic carbocycles. The number of thiophene rings is 1. The fourth-order valence-electron chi connectivity index (χ4n) is 1.62. The minimum atomic E-state index is -1.03. The first kappa shape index (κ1) is 16.1. The van der Waals surface area contributed by atoms with Gasteiger partial charge in [0.05, 0.1) is 11.3 Å². The number of hydrogen-bond acceptors (Lipinski definition) is 4. The molecule has 1 amide bonds. The minimum Gasteiger partial charge on any atom is -0.478 e. The Balaban J connectivity index is 1.88. The van der Waals surface area contributed by atoms with Crippen LogP contribution in [0.1, 0.15) is 15.2 Å². The molecule has 0 aliphatic rings. The van der Waals surface area contributed by atoms with Gasteiger partial charge < -0.3 is 10.4 Å². The smallest absolute Gasteiger partial charge is 0.335 e. The molecule has 0 spiro atoms. The van der Waals surface area contributed by atoms with E-state index in [0.29, 0.717) is 15.9 Å². The molecule has 110 valence electrons. The largest absolute Gasteiger partial charge is 0.478 e. The lowest BCUT2D eigenvalue weighted by Crippen LogP contribution is -2.14. The molecule has 21 heavy (non-hydrogen) atoms. The fourth-order valence-corrected chi connectivity index (χ4v) is 3.78. The number of thioether (sulfide) groups is 1. The first-order chi connectivity index (χ1) is 10.0. The van der Waals surface area contributed by atoms with Crippen LogP contribution in [0.3, 0.4) is 0 Å². The van der Waals surface area contributed by atoms with Crippen molar-refractivity contribution in [3.05, 3.63) is 50.6 Å². The number of benzene rings is 1. The van der Waals surface area contributed by atoms with Gasteiger partial charge in [-0.3, -0.25) is 4.79 Å². The van der Waals surface area contributed by atoms with Gasteiger partial charge in [0.25, 0.3) is 0 Å². The Morgan fingerprint density at radius 1 is 1.33 bits per heavy atom. The van der Waals surface area contributed by atoms with Gasteiger partial charge in [-0.2, -0.15) is 0 Å². The van der Waals surface area contributed by atoms with Gasteiger partial charge in [-0.05, 0) is 29.6 Å². The Morgan fingerprint density at radius 2 is 2.14 bits per heavy atom. The summed E-state index contributed by atoms with van der Waals surface area (Å²) < 4.78 is 0.615. The second kappa shape index (κ2) is 7.63. The van der Waals surface area contributed by atoms with Gasteiger partial charge >= 0.3 is 5.97 Å². The van der Waals surface area contributed by atoms with Crippen molar-refractivity contribution in [1.29, 1.82) is 0 Å². The Hall–Kier alpha value is -1.31. The molecule has 0 radical (unpaired) electrons. The van der Waals surface area contributed by atoms with Crippen LogP contribution in [0.15, 0.2) is 40.2 Å². The molecular weight excluding hydrogens is 374 g/mol. The summed E-state index contributed by atoms with van der Waals surface area (Å²) in [6.07, 6.45) is 0. The highest BCUT2D eigenvalue weighted by Gasteiger charge is 2.09. The van der Waals surface area contributed by atoms with Crippen LogP contribution in [-0.2, 0) is 10.5 Å².